The first-order valence-electron chi connectivity index (χ1n) is 5.12. The number of nitrogen functional groups attached to an aromatic ring is 1. The van der Waals surface area contributed by atoms with Crippen LogP contribution in [0, 0.1) is 11.6 Å². The number of hydrogen-bond acceptors (Lipinski definition) is 4. The molecule has 3 N–H and O–H groups in total. The molecule has 1 aromatic heterocycles. The van der Waals surface area contributed by atoms with Crippen molar-refractivity contribution in [1.29, 1.82) is 0 Å². The Morgan fingerprint density at radius 2 is 2.00 bits per heavy atom. The van der Waals surface area contributed by atoms with Crippen molar-refractivity contribution in [3.63, 3.8) is 0 Å². The van der Waals surface area contributed by atoms with Gasteiger partial charge in [0.1, 0.15) is 0 Å². The molecule has 0 bridgehead atoms. The smallest absolute Gasteiger partial charge is 0.169 e. The van der Waals surface area contributed by atoms with Gasteiger partial charge in [0.15, 0.2) is 23.3 Å². The summed E-state index contributed by atoms with van der Waals surface area (Å²) < 4.78 is 26.4. The lowest BCUT2D eigenvalue weighted by atomic mass is 10.3. The SMILES string of the molecule is CSc1cccc(Nc2nc(N)c(F)cc2F)c1. The Kier molecular flexibility index (Phi) is 3.66. The molecule has 0 amide bonds. The molecule has 18 heavy (non-hydrogen) atoms. The largest absolute Gasteiger partial charge is 0.381 e. The van der Waals surface area contributed by atoms with Gasteiger partial charge in [-0.25, -0.2) is 13.8 Å². The highest BCUT2D eigenvalue weighted by molar-refractivity contribution is 7.98. The Morgan fingerprint density at radius 3 is 2.72 bits per heavy atom. The molecule has 0 fully saturated rings. The van der Waals surface area contributed by atoms with Crippen molar-refractivity contribution in [3.8, 4) is 0 Å². The number of nitrogens with one attached hydrogen (secondary N) is 1. The lowest BCUT2D eigenvalue weighted by Gasteiger charge is -2.08. The second kappa shape index (κ2) is 5.22. The van der Waals surface area contributed by atoms with E-state index in [9.17, 15) is 8.78 Å². The Labute approximate surface area is 107 Å². The molecule has 0 atom stereocenters. The van der Waals surface area contributed by atoms with Crippen LogP contribution in [-0.4, -0.2) is 11.2 Å². The molecule has 1 aromatic carbocycles. The fraction of sp³-hybridized carbons (Fsp3) is 0.0833. The van der Waals surface area contributed by atoms with Crippen LogP contribution in [0.25, 0.3) is 0 Å². The van der Waals surface area contributed by atoms with Crippen LogP contribution in [0.15, 0.2) is 35.2 Å². The molecule has 0 aliphatic rings. The number of nitrogens with zero attached hydrogens (tertiary/aromatic N) is 1. The zero-order valence-corrected chi connectivity index (χ0v) is 10.4. The number of aromatic nitrogens is 1. The van der Waals surface area contributed by atoms with Crippen LogP contribution in [0.4, 0.5) is 26.1 Å². The molecule has 1 heterocycles. The standard InChI is InChI=1S/C12H11F2N3S/c1-18-8-4-2-3-7(5-8)16-12-10(14)6-9(13)11(15)17-12/h2-6H,1H3,(H3,15,16,17). The summed E-state index contributed by atoms with van der Waals surface area (Å²) in [6.45, 7) is 0. The maximum Gasteiger partial charge on any atom is 0.169 e. The average Bonchev–Trinajstić information content (AvgIpc) is 2.36. The molecule has 2 aromatic rings. The van der Waals surface area contributed by atoms with Gasteiger partial charge >= 0.3 is 0 Å². The van der Waals surface area contributed by atoms with Gasteiger partial charge in [0, 0.05) is 16.6 Å². The van der Waals surface area contributed by atoms with Crippen LogP contribution in [0.2, 0.25) is 0 Å². The van der Waals surface area contributed by atoms with Crippen molar-refractivity contribution in [2.45, 2.75) is 4.90 Å². The van der Waals surface area contributed by atoms with E-state index < -0.39 is 11.6 Å². The van der Waals surface area contributed by atoms with E-state index in [1.165, 1.54) is 0 Å². The van der Waals surface area contributed by atoms with Crippen LogP contribution < -0.4 is 11.1 Å². The van der Waals surface area contributed by atoms with Crippen LogP contribution in [0.3, 0.4) is 0 Å². The molecule has 2 rings (SSSR count). The molecule has 0 aliphatic heterocycles. The Balaban J connectivity index is 2.30. The average molecular weight is 267 g/mol. The number of nitrogens with two attached hydrogens (primary N) is 1. The molecule has 0 spiro atoms. The summed E-state index contributed by atoms with van der Waals surface area (Å²) in [5.41, 5.74) is 5.97. The molecule has 0 saturated carbocycles. The first kappa shape index (κ1) is 12.6. The fourth-order valence-electron chi connectivity index (χ4n) is 1.41. The number of pyridine rings is 1. The molecule has 0 saturated heterocycles. The predicted octanol–water partition coefficient (Wildman–Crippen LogP) is 3.41. The summed E-state index contributed by atoms with van der Waals surface area (Å²) >= 11 is 1.56. The normalized spacial score (nSPS) is 10.4. The van der Waals surface area contributed by atoms with Crippen molar-refractivity contribution in [3.05, 3.63) is 42.0 Å². The third-order valence-corrected chi connectivity index (χ3v) is 3.01. The van der Waals surface area contributed by atoms with E-state index in [1.54, 1.807) is 17.8 Å². The summed E-state index contributed by atoms with van der Waals surface area (Å²) in [5, 5.41) is 2.77. The Hall–Kier alpha value is -1.82. The minimum atomic E-state index is -0.865. The Bertz CT molecular complexity index is 575. The third kappa shape index (κ3) is 2.70. The minimum absolute atomic E-state index is 0.0906. The molecular weight excluding hydrogens is 256 g/mol. The van der Waals surface area contributed by atoms with Gasteiger partial charge in [-0.3, -0.25) is 0 Å². The number of thioether (sulfide) groups is 1. The van der Waals surface area contributed by atoms with Crippen LogP contribution in [-0.2, 0) is 0 Å². The first-order chi connectivity index (χ1) is 8.60. The van der Waals surface area contributed by atoms with E-state index in [0.717, 1.165) is 4.90 Å². The summed E-state index contributed by atoms with van der Waals surface area (Å²) in [6, 6.07) is 8.08. The number of halogens is 2. The summed E-state index contributed by atoms with van der Waals surface area (Å²) in [7, 11) is 0. The zero-order chi connectivity index (χ0) is 13.1. The second-order valence-corrected chi connectivity index (χ2v) is 4.42. The highest BCUT2D eigenvalue weighted by Gasteiger charge is 2.09. The molecule has 94 valence electrons. The number of hydrogen-bond donors (Lipinski definition) is 2. The van der Waals surface area contributed by atoms with Gasteiger partial charge < -0.3 is 11.1 Å². The van der Waals surface area contributed by atoms with Gasteiger partial charge in [-0.05, 0) is 24.5 Å². The summed E-state index contributed by atoms with van der Waals surface area (Å²) in [5.74, 6) is -2.07. The maximum atomic E-state index is 13.5. The third-order valence-electron chi connectivity index (χ3n) is 2.29. The molecule has 0 unspecified atom stereocenters. The molecule has 0 radical (unpaired) electrons. The van der Waals surface area contributed by atoms with Gasteiger partial charge in [-0.15, -0.1) is 11.8 Å². The number of anilines is 3. The highest BCUT2D eigenvalue weighted by Crippen LogP contribution is 2.24. The van der Waals surface area contributed by atoms with E-state index >= 15 is 0 Å². The molecule has 6 heteroatoms. The van der Waals surface area contributed by atoms with E-state index in [4.69, 9.17) is 5.73 Å². The number of benzene rings is 1. The van der Waals surface area contributed by atoms with Gasteiger partial charge in [0.05, 0.1) is 0 Å². The Morgan fingerprint density at radius 1 is 1.22 bits per heavy atom. The van der Waals surface area contributed by atoms with Gasteiger partial charge in [0.2, 0.25) is 0 Å². The van der Waals surface area contributed by atoms with Crippen molar-refractivity contribution < 1.29 is 8.78 Å². The van der Waals surface area contributed by atoms with Crippen molar-refractivity contribution in [2.75, 3.05) is 17.3 Å². The van der Waals surface area contributed by atoms with Crippen LogP contribution in [0.1, 0.15) is 0 Å². The van der Waals surface area contributed by atoms with Crippen molar-refractivity contribution in [1.82, 2.24) is 4.98 Å². The van der Waals surface area contributed by atoms with E-state index in [1.807, 2.05) is 24.5 Å². The maximum absolute atomic E-state index is 13.5. The highest BCUT2D eigenvalue weighted by atomic mass is 32.2. The van der Waals surface area contributed by atoms with Gasteiger partial charge in [-0.2, -0.15) is 0 Å². The van der Waals surface area contributed by atoms with E-state index in [0.29, 0.717) is 11.8 Å². The minimum Gasteiger partial charge on any atom is -0.381 e. The molecule has 0 aliphatic carbocycles. The van der Waals surface area contributed by atoms with Crippen molar-refractivity contribution >= 4 is 29.1 Å². The first-order valence-corrected chi connectivity index (χ1v) is 6.35. The fourth-order valence-corrected chi connectivity index (χ4v) is 1.87. The summed E-state index contributed by atoms with van der Waals surface area (Å²) in [6.07, 6.45) is 1.94. The zero-order valence-electron chi connectivity index (χ0n) is 9.58. The van der Waals surface area contributed by atoms with Gasteiger partial charge in [0.25, 0.3) is 0 Å². The topological polar surface area (TPSA) is 50.9 Å². The molecular formula is C12H11F2N3S. The van der Waals surface area contributed by atoms with Crippen LogP contribution in [0.5, 0.6) is 0 Å². The summed E-state index contributed by atoms with van der Waals surface area (Å²) in [4.78, 5) is 4.66. The lowest BCUT2D eigenvalue weighted by molar-refractivity contribution is 0.581. The lowest BCUT2D eigenvalue weighted by Crippen LogP contribution is -2.03. The van der Waals surface area contributed by atoms with Gasteiger partial charge in [-0.1, -0.05) is 6.07 Å². The predicted molar refractivity (Wildman–Crippen MR) is 70.1 cm³/mol. The van der Waals surface area contributed by atoms with E-state index in [2.05, 4.69) is 10.3 Å². The quantitative estimate of drug-likeness (QED) is 0.837. The van der Waals surface area contributed by atoms with E-state index in [-0.39, 0.29) is 11.6 Å². The van der Waals surface area contributed by atoms with Crippen molar-refractivity contribution in [2.24, 2.45) is 0 Å². The monoisotopic (exact) mass is 267 g/mol. The molecule has 3 nitrogen and oxygen atoms in total. The number of rotatable bonds is 3. The second-order valence-electron chi connectivity index (χ2n) is 3.54. The van der Waals surface area contributed by atoms with Crippen LogP contribution >= 0.6 is 11.8 Å².